The largest absolute Gasteiger partial charge is 0.330 e. The zero-order valence-corrected chi connectivity index (χ0v) is 10.5. The van der Waals surface area contributed by atoms with Crippen LogP contribution in [0.5, 0.6) is 0 Å². The van der Waals surface area contributed by atoms with Gasteiger partial charge in [-0.3, -0.25) is 0 Å². The summed E-state index contributed by atoms with van der Waals surface area (Å²) in [6.45, 7) is 0.651. The third-order valence-electron chi connectivity index (χ3n) is 2.37. The summed E-state index contributed by atoms with van der Waals surface area (Å²) < 4.78 is 24.7. The molecule has 0 saturated carbocycles. The molecule has 0 amide bonds. The summed E-state index contributed by atoms with van der Waals surface area (Å²) in [5, 5.41) is 0. The van der Waals surface area contributed by atoms with Gasteiger partial charge in [0.2, 0.25) is 10.0 Å². The first-order valence-corrected chi connectivity index (χ1v) is 6.64. The van der Waals surface area contributed by atoms with Gasteiger partial charge in [-0.1, -0.05) is 12.1 Å². The van der Waals surface area contributed by atoms with Crippen molar-refractivity contribution in [2.45, 2.75) is 17.7 Å². The molecule has 5 heteroatoms. The third kappa shape index (κ3) is 3.04. The molecule has 1 rings (SSSR count). The second-order valence-electron chi connectivity index (χ2n) is 3.82. The van der Waals surface area contributed by atoms with E-state index in [2.05, 4.69) is 0 Å². The predicted octanol–water partition coefficient (Wildman–Crippen LogP) is 0.828. The molecule has 0 aliphatic carbocycles. The summed E-state index contributed by atoms with van der Waals surface area (Å²) >= 11 is 0. The van der Waals surface area contributed by atoms with Crippen molar-refractivity contribution in [1.29, 1.82) is 0 Å². The van der Waals surface area contributed by atoms with Crippen molar-refractivity contribution in [3.8, 4) is 0 Å². The fourth-order valence-electron chi connectivity index (χ4n) is 1.35. The molecule has 0 bridgehead atoms. The molecule has 0 aromatic heterocycles. The van der Waals surface area contributed by atoms with Crippen LogP contribution in [0.4, 0.5) is 0 Å². The lowest BCUT2D eigenvalue weighted by Gasteiger charge is -2.11. The average Bonchev–Trinajstić information content (AvgIpc) is 2.26. The first-order valence-electron chi connectivity index (χ1n) is 5.20. The minimum absolute atomic E-state index is 0.328. The molecule has 90 valence electrons. The Morgan fingerprint density at radius 2 is 1.75 bits per heavy atom. The quantitative estimate of drug-likeness (QED) is 0.831. The zero-order valence-electron chi connectivity index (χ0n) is 9.68. The molecule has 4 nitrogen and oxygen atoms in total. The molecule has 0 aliphatic heterocycles. The van der Waals surface area contributed by atoms with E-state index in [4.69, 9.17) is 5.73 Å². The maximum absolute atomic E-state index is 11.8. The van der Waals surface area contributed by atoms with E-state index in [0.29, 0.717) is 11.4 Å². The molecule has 0 aliphatic rings. The topological polar surface area (TPSA) is 63.4 Å². The first kappa shape index (κ1) is 13.2. The Morgan fingerprint density at radius 3 is 2.19 bits per heavy atom. The number of hydrogen-bond donors (Lipinski definition) is 1. The molecular weight excluding hydrogens is 224 g/mol. The number of sulfonamides is 1. The number of rotatable bonds is 5. The van der Waals surface area contributed by atoms with Gasteiger partial charge in [-0.15, -0.1) is 0 Å². The van der Waals surface area contributed by atoms with Gasteiger partial charge in [0.1, 0.15) is 0 Å². The number of benzene rings is 1. The Labute approximate surface area is 97.1 Å². The van der Waals surface area contributed by atoms with Gasteiger partial charge < -0.3 is 5.73 Å². The molecule has 0 fully saturated rings. The fraction of sp³-hybridized carbons (Fsp3) is 0.455. The summed E-state index contributed by atoms with van der Waals surface area (Å²) in [7, 11) is -0.255. The van der Waals surface area contributed by atoms with Gasteiger partial charge in [0.25, 0.3) is 0 Å². The van der Waals surface area contributed by atoms with Crippen molar-refractivity contribution in [3.63, 3.8) is 0 Å². The van der Waals surface area contributed by atoms with Crippen LogP contribution >= 0.6 is 0 Å². The van der Waals surface area contributed by atoms with E-state index < -0.39 is 10.0 Å². The van der Waals surface area contributed by atoms with Gasteiger partial charge in [0.15, 0.2) is 0 Å². The maximum atomic E-state index is 11.8. The minimum Gasteiger partial charge on any atom is -0.330 e. The molecule has 0 spiro atoms. The molecule has 0 atom stereocenters. The number of hydrogen-bond acceptors (Lipinski definition) is 3. The van der Waals surface area contributed by atoms with Crippen molar-refractivity contribution in [2.75, 3.05) is 20.6 Å². The van der Waals surface area contributed by atoms with Crippen LogP contribution in [0.15, 0.2) is 29.2 Å². The van der Waals surface area contributed by atoms with Crippen LogP contribution in [-0.4, -0.2) is 33.4 Å². The Balaban J connectivity index is 2.87. The standard InChI is InChI=1S/C11H18N2O2S/c1-13(2)16(14,15)11-7-5-10(6-8-11)4-3-9-12/h5-8H,3-4,9,12H2,1-2H3. The molecule has 0 radical (unpaired) electrons. The molecule has 0 unspecified atom stereocenters. The molecule has 1 aromatic carbocycles. The van der Waals surface area contributed by atoms with Crippen molar-refractivity contribution in [1.82, 2.24) is 4.31 Å². The zero-order chi connectivity index (χ0) is 12.2. The van der Waals surface area contributed by atoms with E-state index in [-0.39, 0.29) is 0 Å². The van der Waals surface area contributed by atoms with E-state index in [1.165, 1.54) is 18.4 Å². The average molecular weight is 242 g/mol. The maximum Gasteiger partial charge on any atom is 0.242 e. The van der Waals surface area contributed by atoms with Crippen molar-refractivity contribution in [2.24, 2.45) is 5.73 Å². The van der Waals surface area contributed by atoms with E-state index in [1.54, 1.807) is 12.1 Å². The SMILES string of the molecule is CN(C)S(=O)(=O)c1ccc(CCCN)cc1. The highest BCUT2D eigenvalue weighted by atomic mass is 32.2. The second kappa shape index (κ2) is 5.43. The lowest BCUT2D eigenvalue weighted by molar-refractivity contribution is 0.520. The normalized spacial score (nSPS) is 12.0. The van der Waals surface area contributed by atoms with Crippen LogP contribution in [0, 0.1) is 0 Å². The number of aryl methyl sites for hydroxylation is 1. The highest BCUT2D eigenvalue weighted by molar-refractivity contribution is 7.89. The molecule has 0 heterocycles. The van der Waals surface area contributed by atoms with Crippen LogP contribution in [0.25, 0.3) is 0 Å². The highest BCUT2D eigenvalue weighted by Gasteiger charge is 2.16. The Bertz CT molecular complexity index is 424. The molecule has 0 saturated heterocycles. The summed E-state index contributed by atoms with van der Waals surface area (Å²) in [6.07, 6.45) is 1.80. The Hall–Kier alpha value is -0.910. The van der Waals surface area contributed by atoms with Gasteiger partial charge in [-0.2, -0.15) is 0 Å². The summed E-state index contributed by atoms with van der Waals surface area (Å²) in [4.78, 5) is 0.328. The van der Waals surface area contributed by atoms with Crippen molar-refractivity contribution in [3.05, 3.63) is 29.8 Å². The van der Waals surface area contributed by atoms with Crippen LogP contribution in [0.2, 0.25) is 0 Å². The van der Waals surface area contributed by atoms with Gasteiger partial charge in [-0.25, -0.2) is 12.7 Å². The first-order chi connectivity index (χ1) is 7.48. The van der Waals surface area contributed by atoms with E-state index in [9.17, 15) is 8.42 Å². The monoisotopic (exact) mass is 242 g/mol. The van der Waals surface area contributed by atoms with Crippen molar-refractivity contribution >= 4 is 10.0 Å². The van der Waals surface area contributed by atoms with Gasteiger partial charge in [-0.05, 0) is 37.1 Å². The fourth-order valence-corrected chi connectivity index (χ4v) is 2.25. The Kier molecular flexibility index (Phi) is 4.46. The van der Waals surface area contributed by atoms with E-state index in [1.807, 2.05) is 12.1 Å². The molecule has 16 heavy (non-hydrogen) atoms. The highest BCUT2D eigenvalue weighted by Crippen LogP contribution is 2.14. The lowest BCUT2D eigenvalue weighted by Crippen LogP contribution is -2.22. The molecule has 1 aromatic rings. The molecule has 2 N–H and O–H groups in total. The lowest BCUT2D eigenvalue weighted by atomic mass is 10.1. The van der Waals surface area contributed by atoms with Gasteiger partial charge >= 0.3 is 0 Å². The van der Waals surface area contributed by atoms with E-state index in [0.717, 1.165) is 18.4 Å². The third-order valence-corrected chi connectivity index (χ3v) is 4.20. The van der Waals surface area contributed by atoms with Crippen LogP contribution in [0.3, 0.4) is 0 Å². The van der Waals surface area contributed by atoms with E-state index >= 15 is 0 Å². The summed E-state index contributed by atoms with van der Waals surface area (Å²) in [5.74, 6) is 0. The number of nitrogens with two attached hydrogens (primary N) is 1. The number of nitrogens with zero attached hydrogens (tertiary/aromatic N) is 1. The minimum atomic E-state index is -3.31. The van der Waals surface area contributed by atoms with Gasteiger partial charge in [0.05, 0.1) is 4.90 Å². The Morgan fingerprint density at radius 1 is 1.19 bits per heavy atom. The van der Waals surface area contributed by atoms with Crippen LogP contribution in [-0.2, 0) is 16.4 Å². The predicted molar refractivity (Wildman–Crippen MR) is 64.7 cm³/mol. The molecular formula is C11H18N2O2S. The summed E-state index contributed by atoms with van der Waals surface area (Å²) in [5.41, 5.74) is 6.53. The van der Waals surface area contributed by atoms with Crippen molar-refractivity contribution < 1.29 is 8.42 Å². The second-order valence-corrected chi connectivity index (χ2v) is 5.98. The van der Waals surface area contributed by atoms with Crippen LogP contribution < -0.4 is 5.73 Å². The smallest absolute Gasteiger partial charge is 0.242 e. The summed E-state index contributed by atoms with van der Waals surface area (Å²) in [6, 6.07) is 6.96. The van der Waals surface area contributed by atoms with Gasteiger partial charge in [0, 0.05) is 14.1 Å². The van der Waals surface area contributed by atoms with Crippen LogP contribution in [0.1, 0.15) is 12.0 Å².